The van der Waals surface area contributed by atoms with Gasteiger partial charge in [-0.25, -0.2) is 4.79 Å². The second-order valence-electron chi connectivity index (χ2n) is 6.23. The minimum absolute atomic E-state index is 0.121. The maximum absolute atomic E-state index is 12.6. The number of rotatable bonds is 3. The molecule has 1 atom stereocenters. The largest absolute Gasteiger partial charge is 0.480 e. The van der Waals surface area contributed by atoms with E-state index < -0.39 is 11.5 Å². The summed E-state index contributed by atoms with van der Waals surface area (Å²) in [5.41, 5.74) is 1.23. The lowest BCUT2D eigenvalue weighted by molar-refractivity contribution is -0.149. The maximum atomic E-state index is 12.6. The van der Waals surface area contributed by atoms with Crippen molar-refractivity contribution in [1.29, 1.82) is 0 Å². The van der Waals surface area contributed by atoms with E-state index in [4.69, 9.17) is 0 Å². The van der Waals surface area contributed by atoms with Gasteiger partial charge in [0.1, 0.15) is 5.54 Å². The Morgan fingerprint density at radius 2 is 1.86 bits per heavy atom. The second-order valence-corrected chi connectivity index (χ2v) is 6.23. The van der Waals surface area contributed by atoms with Gasteiger partial charge in [0.25, 0.3) is 0 Å². The number of hydrogen-bond acceptors (Lipinski definition) is 2. The van der Waals surface area contributed by atoms with E-state index in [1.807, 2.05) is 18.2 Å². The fourth-order valence-corrected chi connectivity index (χ4v) is 3.70. The van der Waals surface area contributed by atoms with Crippen molar-refractivity contribution in [3.05, 3.63) is 35.4 Å². The number of aliphatic carboxylic acids is 1. The third kappa shape index (κ3) is 2.55. The first-order valence-electron chi connectivity index (χ1n) is 7.76. The predicted octanol–water partition coefficient (Wildman–Crippen LogP) is 2.62. The van der Waals surface area contributed by atoms with E-state index in [1.54, 1.807) is 0 Å². The lowest BCUT2D eigenvalue weighted by Crippen LogP contribution is -2.56. The van der Waals surface area contributed by atoms with Crippen LogP contribution in [0.2, 0.25) is 0 Å². The molecule has 21 heavy (non-hydrogen) atoms. The molecule has 0 spiro atoms. The highest BCUT2D eigenvalue weighted by molar-refractivity contribution is 5.91. The molecule has 0 bridgehead atoms. The van der Waals surface area contributed by atoms with Crippen molar-refractivity contribution < 1.29 is 14.7 Å². The molecular formula is C17H21NO3. The number of hydrogen-bond donors (Lipinski definition) is 2. The molecule has 3 rings (SSSR count). The molecule has 0 aromatic heterocycles. The number of carboxylic acids is 1. The van der Waals surface area contributed by atoms with Crippen molar-refractivity contribution in [3.8, 4) is 0 Å². The number of carbonyl (C=O) groups is 2. The number of amides is 1. The van der Waals surface area contributed by atoms with Gasteiger partial charge in [-0.1, -0.05) is 43.5 Å². The van der Waals surface area contributed by atoms with Crippen LogP contribution in [0.1, 0.15) is 55.6 Å². The van der Waals surface area contributed by atoms with Crippen molar-refractivity contribution >= 4 is 11.9 Å². The van der Waals surface area contributed by atoms with Crippen molar-refractivity contribution in [2.75, 3.05) is 0 Å². The summed E-state index contributed by atoms with van der Waals surface area (Å²) < 4.78 is 0. The Morgan fingerprint density at radius 3 is 2.57 bits per heavy atom. The highest BCUT2D eigenvalue weighted by Gasteiger charge is 2.42. The van der Waals surface area contributed by atoms with Gasteiger partial charge in [0, 0.05) is 0 Å². The zero-order chi connectivity index (χ0) is 14.9. The standard InChI is InChI=1S/C17H21NO3/c19-15(14-9-8-12-6-2-3-7-13(12)14)18-17(16(20)21)10-4-1-5-11-17/h2-3,6-7,14H,1,4-5,8-11H2,(H,18,19)(H,20,21). The molecule has 1 saturated carbocycles. The molecule has 2 aliphatic rings. The SMILES string of the molecule is O=C(NC1(C(=O)O)CCCCC1)C1CCc2ccccc21. The molecule has 0 heterocycles. The van der Waals surface area contributed by atoms with Gasteiger partial charge >= 0.3 is 5.97 Å². The molecule has 0 saturated heterocycles. The molecule has 2 N–H and O–H groups in total. The van der Waals surface area contributed by atoms with Gasteiger partial charge in [-0.05, 0) is 36.8 Å². The number of fused-ring (bicyclic) bond motifs is 1. The van der Waals surface area contributed by atoms with Gasteiger partial charge in [-0.2, -0.15) is 0 Å². The van der Waals surface area contributed by atoms with Crippen LogP contribution in [0.15, 0.2) is 24.3 Å². The van der Waals surface area contributed by atoms with Crippen molar-refractivity contribution in [2.24, 2.45) is 0 Å². The topological polar surface area (TPSA) is 66.4 Å². The summed E-state index contributed by atoms with van der Waals surface area (Å²) in [5.74, 6) is -1.20. The van der Waals surface area contributed by atoms with E-state index >= 15 is 0 Å². The molecule has 1 fully saturated rings. The predicted molar refractivity (Wildman–Crippen MR) is 79.1 cm³/mol. The minimum atomic E-state index is -1.05. The number of aryl methyl sites for hydroxylation is 1. The first-order chi connectivity index (χ1) is 10.1. The average molecular weight is 287 g/mol. The van der Waals surface area contributed by atoms with Crippen LogP contribution in [0.25, 0.3) is 0 Å². The van der Waals surface area contributed by atoms with Crippen LogP contribution in [-0.4, -0.2) is 22.5 Å². The highest BCUT2D eigenvalue weighted by atomic mass is 16.4. The molecule has 1 aromatic rings. The Balaban J connectivity index is 1.78. The van der Waals surface area contributed by atoms with Crippen LogP contribution in [-0.2, 0) is 16.0 Å². The van der Waals surface area contributed by atoms with Gasteiger partial charge in [0.2, 0.25) is 5.91 Å². The van der Waals surface area contributed by atoms with Crippen LogP contribution in [0.4, 0.5) is 0 Å². The maximum Gasteiger partial charge on any atom is 0.329 e. The van der Waals surface area contributed by atoms with Crippen molar-refractivity contribution in [3.63, 3.8) is 0 Å². The van der Waals surface area contributed by atoms with E-state index in [2.05, 4.69) is 11.4 Å². The number of nitrogens with one attached hydrogen (secondary N) is 1. The Labute approximate surface area is 124 Å². The van der Waals surface area contributed by atoms with E-state index in [9.17, 15) is 14.7 Å². The van der Waals surface area contributed by atoms with Gasteiger partial charge in [0.05, 0.1) is 5.92 Å². The summed E-state index contributed by atoms with van der Waals surface area (Å²) in [6, 6.07) is 7.97. The quantitative estimate of drug-likeness (QED) is 0.898. The van der Waals surface area contributed by atoms with Crippen molar-refractivity contribution in [1.82, 2.24) is 5.32 Å². The van der Waals surface area contributed by atoms with Crippen LogP contribution >= 0.6 is 0 Å². The van der Waals surface area contributed by atoms with E-state index in [-0.39, 0.29) is 11.8 Å². The smallest absolute Gasteiger partial charge is 0.329 e. The molecule has 1 unspecified atom stereocenters. The van der Waals surface area contributed by atoms with Gasteiger partial charge in [0.15, 0.2) is 0 Å². The molecule has 1 aromatic carbocycles. The van der Waals surface area contributed by atoms with Gasteiger partial charge in [-0.15, -0.1) is 0 Å². The van der Waals surface area contributed by atoms with E-state index in [0.29, 0.717) is 12.8 Å². The lowest BCUT2D eigenvalue weighted by atomic mass is 9.81. The van der Waals surface area contributed by atoms with Crippen LogP contribution in [0, 0.1) is 0 Å². The van der Waals surface area contributed by atoms with E-state index in [1.165, 1.54) is 5.56 Å². The Morgan fingerprint density at radius 1 is 1.14 bits per heavy atom. The normalized spacial score (nSPS) is 23.3. The molecular weight excluding hydrogens is 266 g/mol. The monoisotopic (exact) mass is 287 g/mol. The number of carboxylic acid groups (broad SMARTS) is 1. The number of carbonyl (C=O) groups excluding carboxylic acids is 1. The van der Waals surface area contributed by atoms with Crippen LogP contribution in [0.3, 0.4) is 0 Å². The molecule has 4 nitrogen and oxygen atoms in total. The summed E-state index contributed by atoms with van der Waals surface area (Å²) >= 11 is 0. The Hall–Kier alpha value is -1.84. The van der Waals surface area contributed by atoms with E-state index in [0.717, 1.165) is 37.7 Å². The van der Waals surface area contributed by atoms with Crippen LogP contribution < -0.4 is 5.32 Å². The lowest BCUT2D eigenvalue weighted by Gasteiger charge is -2.34. The molecule has 0 radical (unpaired) electrons. The number of benzene rings is 1. The van der Waals surface area contributed by atoms with Crippen LogP contribution in [0.5, 0.6) is 0 Å². The average Bonchev–Trinajstić information content (AvgIpc) is 2.92. The second kappa shape index (κ2) is 5.51. The molecule has 1 amide bonds. The van der Waals surface area contributed by atoms with Gasteiger partial charge in [-0.3, -0.25) is 4.79 Å². The van der Waals surface area contributed by atoms with Gasteiger partial charge < -0.3 is 10.4 Å². The summed E-state index contributed by atoms with van der Waals surface area (Å²) in [5, 5.41) is 12.4. The summed E-state index contributed by atoms with van der Waals surface area (Å²) in [4.78, 5) is 24.3. The fourth-order valence-electron chi connectivity index (χ4n) is 3.70. The first-order valence-corrected chi connectivity index (χ1v) is 7.76. The minimum Gasteiger partial charge on any atom is -0.480 e. The fraction of sp³-hybridized carbons (Fsp3) is 0.529. The summed E-state index contributed by atoms with van der Waals surface area (Å²) in [6.45, 7) is 0. The molecule has 4 heteroatoms. The molecule has 2 aliphatic carbocycles. The molecule has 112 valence electrons. The third-order valence-electron chi connectivity index (χ3n) is 4.93. The summed E-state index contributed by atoms with van der Waals surface area (Å²) in [7, 11) is 0. The van der Waals surface area contributed by atoms with Crippen molar-refractivity contribution in [2.45, 2.75) is 56.4 Å². The zero-order valence-electron chi connectivity index (χ0n) is 12.1. The Bertz CT molecular complexity index is 561. The third-order valence-corrected chi connectivity index (χ3v) is 4.93. The highest BCUT2D eigenvalue weighted by Crippen LogP contribution is 2.35. The zero-order valence-corrected chi connectivity index (χ0v) is 12.1. The summed E-state index contributed by atoms with van der Waals surface area (Å²) in [6.07, 6.45) is 5.55. The molecule has 0 aliphatic heterocycles. The first kappa shape index (κ1) is 14.1. The Kier molecular flexibility index (Phi) is 3.70.